The number of benzene rings is 2. The van der Waals surface area contributed by atoms with E-state index in [0.717, 1.165) is 17.9 Å². The summed E-state index contributed by atoms with van der Waals surface area (Å²) in [5, 5.41) is 3.89. The van der Waals surface area contributed by atoms with Gasteiger partial charge in [-0.25, -0.2) is 4.39 Å². The van der Waals surface area contributed by atoms with Crippen LogP contribution in [-0.2, 0) is 13.2 Å². The normalized spacial score (nSPS) is 10.6. The number of ether oxygens (including phenoxy) is 1. The molecule has 0 heterocycles. The van der Waals surface area contributed by atoms with Crippen LogP contribution in [-0.4, -0.2) is 6.54 Å². The largest absolute Gasteiger partial charge is 0.488 e. The molecule has 0 atom stereocenters. The zero-order chi connectivity index (χ0) is 14.4. The number of hydrogen-bond donors (Lipinski definition) is 1. The predicted octanol–water partition coefficient (Wildman–Crippen LogP) is 4.17. The Hall–Kier alpha value is -1.58. The van der Waals surface area contributed by atoms with E-state index in [0.29, 0.717) is 17.1 Å². The molecule has 2 rings (SSSR count). The summed E-state index contributed by atoms with van der Waals surface area (Å²) in [4.78, 5) is 0. The minimum Gasteiger partial charge on any atom is -0.488 e. The van der Waals surface area contributed by atoms with Gasteiger partial charge in [-0.05, 0) is 30.8 Å². The van der Waals surface area contributed by atoms with Crippen molar-refractivity contribution in [1.82, 2.24) is 5.32 Å². The van der Waals surface area contributed by atoms with E-state index in [-0.39, 0.29) is 12.4 Å². The lowest BCUT2D eigenvalue weighted by atomic mass is 10.2. The SMILES string of the molecule is CCNCc1cc(Cl)ccc1OCc1ccccc1F. The van der Waals surface area contributed by atoms with Crippen LogP contribution < -0.4 is 10.1 Å². The summed E-state index contributed by atoms with van der Waals surface area (Å²) in [6.45, 7) is 3.76. The van der Waals surface area contributed by atoms with Crippen LogP contribution in [0.4, 0.5) is 4.39 Å². The van der Waals surface area contributed by atoms with E-state index in [1.54, 1.807) is 24.3 Å². The van der Waals surface area contributed by atoms with Crippen molar-refractivity contribution in [2.75, 3.05) is 6.54 Å². The van der Waals surface area contributed by atoms with Crippen LogP contribution in [0.3, 0.4) is 0 Å². The second-order valence-corrected chi connectivity index (χ2v) is 4.85. The van der Waals surface area contributed by atoms with Crippen LogP contribution in [0.5, 0.6) is 5.75 Å². The minimum atomic E-state index is -0.255. The molecule has 4 heteroatoms. The fourth-order valence-corrected chi connectivity index (χ4v) is 2.05. The zero-order valence-electron chi connectivity index (χ0n) is 11.3. The Balaban J connectivity index is 2.10. The Kier molecular flexibility index (Phi) is 5.39. The summed E-state index contributed by atoms with van der Waals surface area (Å²) in [5.74, 6) is 0.466. The second-order valence-electron chi connectivity index (χ2n) is 4.41. The molecule has 2 aromatic carbocycles. The highest BCUT2D eigenvalue weighted by molar-refractivity contribution is 6.30. The predicted molar refractivity (Wildman–Crippen MR) is 79.6 cm³/mol. The Morgan fingerprint density at radius 2 is 1.95 bits per heavy atom. The van der Waals surface area contributed by atoms with Crippen molar-refractivity contribution in [3.8, 4) is 5.75 Å². The first-order valence-corrected chi connectivity index (χ1v) is 6.94. The summed E-state index contributed by atoms with van der Waals surface area (Å²) in [6.07, 6.45) is 0. The maximum atomic E-state index is 13.5. The van der Waals surface area contributed by atoms with Gasteiger partial charge < -0.3 is 10.1 Å². The molecule has 0 saturated carbocycles. The van der Waals surface area contributed by atoms with Crippen LogP contribution in [0.25, 0.3) is 0 Å². The summed E-state index contributed by atoms with van der Waals surface area (Å²) < 4.78 is 19.3. The van der Waals surface area contributed by atoms with Crippen LogP contribution in [0.2, 0.25) is 5.02 Å². The van der Waals surface area contributed by atoms with E-state index in [1.807, 2.05) is 19.1 Å². The van der Waals surface area contributed by atoms with Crippen molar-refractivity contribution in [3.63, 3.8) is 0 Å². The average molecular weight is 294 g/mol. The molecule has 20 heavy (non-hydrogen) atoms. The zero-order valence-corrected chi connectivity index (χ0v) is 12.1. The van der Waals surface area contributed by atoms with Crippen LogP contribution in [0.1, 0.15) is 18.1 Å². The smallest absolute Gasteiger partial charge is 0.129 e. The van der Waals surface area contributed by atoms with Crippen LogP contribution in [0, 0.1) is 5.82 Å². The molecule has 0 bridgehead atoms. The highest BCUT2D eigenvalue weighted by Gasteiger charge is 2.07. The van der Waals surface area contributed by atoms with E-state index in [4.69, 9.17) is 16.3 Å². The number of hydrogen-bond acceptors (Lipinski definition) is 2. The topological polar surface area (TPSA) is 21.3 Å². The summed E-state index contributed by atoms with van der Waals surface area (Å²) >= 11 is 5.99. The third kappa shape index (κ3) is 3.95. The van der Waals surface area contributed by atoms with E-state index in [9.17, 15) is 4.39 Å². The van der Waals surface area contributed by atoms with Crippen LogP contribution >= 0.6 is 11.6 Å². The van der Waals surface area contributed by atoms with Gasteiger partial charge in [-0.15, -0.1) is 0 Å². The third-order valence-electron chi connectivity index (χ3n) is 2.93. The van der Waals surface area contributed by atoms with E-state index in [1.165, 1.54) is 6.07 Å². The fourth-order valence-electron chi connectivity index (χ4n) is 1.86. The maximum Gasteiger partial charge on any atom is 0.129 e. The average Bonchev–Trinajstić information content (AvgIpc) is 2.45. The number of halogens is 2. The number of nitrogens with one attached hydrogen (secondary N) is 1. The summed E-state index contributed by atoms with van der Waals surface area (Å²) in [5.41, 5.74) is 1.51. The molecule has 2 aromatic rings. The first-order chi connectivity index (χ1) is 9.70. The molecule has 0 amide bonds. The van der Waals surface area contributed by atoms with Gasteiger partial charge in [-0.1, -0.05) is 36.7 Å². The van der Waals surface area contributed by atoms with Crippen molar-refractivity contribution >= 4 is 11.6 Å². The molecule has 0 unspecified atom stereocenters. The molecular weight excluding hydrogens is 277 g/mol. The van der Waals surface area contributed by atoms with E-state index < -0.39 is 0 Å². The molecule has 1 N–H and O–H groups in total. The minimum absolute atomic E-state index is 0.202. The van der Waals surface area contributed by atoms with Crippen molar-refractivity contribution in [3.05, 3.63) is 64.4 Å². The van der Waals surface area contributed by atoms with Crippen LogP contribution in [0.15, 0.2) is 42.5 Å². The monoisotopic (exact) mass is 293 g/mol. The molecule has 0 saturated heterocycles. The Morgan fingerprint density at radius 3 is 2.70 bits per heavy atom. The van der Waals surface area contributed by atoms with Crippen molar-refractivity contribution in [2.45, 2.75) is 20.1 Å². The third-order valence-corrected chi connectivity index (χ3v) is 3.16. The molecular formula is C16H17ClFNO. The van der Waals surface area contributed by atoms with E-state index in [2.05, 4.69) is 5.32 Å². The molecule has 106 valence electrons. The lowest BCUT2D eigenvalue weighted by molar-refractivity contribution is 0.296. The highest BCUT2D eigenvalue weighted by Crippen LogP contribution is 2.24. The van der Waals surface area contributed by atoms with Gasteiger partial charge in [0.05, 0.1) is 0 Å². The summed E-state index contributed by atoms with van der Waals surface area (Å²) in [6, 6.07) is 12.1. The molecule has 2 nitrogen and oxygen atoms in total. The summed E-state index contributed by atoms with van der Waals surface area (Å²) in [7, 11) is 0. The van der Waals surface area contributed by atoms with Gasteiger partial charge in [0.1, 0.15) is 18.2 Å². The first kappa shape index (κ1) is 14.8. The van der Waals surface area contributed by atoms with Gasteiger partial charge in [0, 0.05) is 22.7 Å². The Labute approximate surface area is 123 Å². The van der Waals surface area contributed by atoms with Gasteiger partial charge in [0.15, 0.2) is 0 Å². The Morgan fingerprint density at radius 1 is 1.15 bits per heavy atom. The van der Waals surface area contributed by atoms with Gasteiger partial charge >= 0.3 is 0 Å². The van der Waals surface area contributed by atoms with Gasteiger partial charge in [-0.3, -0.25) is 0 Å². The van der Waals surface area contributed by atoms with E-state index >= 15 is 0 Å². The molecule has 0 aliphatic heterocycles. The molecule has 0 aliphatic carbocycles. The van der Waals surface area contributed by atoms with Crippen molar-refractivity contribution < 1.29 is 9.13 Å². The lowest BCUT2D eigenvalue weighted by Gasteiger charge is -2.12. The van der Waals surface area contributed by atoms with Gasteiger partial charge in [0.2, 0.25) is 0 Å². The van der Waals surface area contributed by atoms with Gasteiger partial charge in [0.25, 0.3) is 0 Å². The number of rotatable bonds is 6. The fraction of sp³-hybridized carbons (Fsp3) is 0.250. The molecule has 0 fully saturated rings. The molecule has 0 radical (unpaired) electrons. The van der Waals surface area contributed by atoms with Crippen molar-refractivity contribution in [2.24, 2.45) is 0 Å². The molecule has 0 aromatic heterocycles. The Bertz CT molecular complexity index is 574. The molecule has 0 spiro atoms. The first-order valence-electron chi connectivity index (χ1n) is 6.56. The highest BCUT2D eigenvalue weighted by atomic mass is 35.5. The molecule has 0 aliphatic rings. The standard InChI is InChI=1S/C16H17ClFNO/c1-2-19-10-13-9-14(17)7-8-16(13)20-11-12-5-3-4-6-15(12)18/h3-9,19H,2,10-11H2,1H3. The van der Waals surface area contributed by atoms with Gasteiger partial charge in [-0.2, -0.15) is 0 Å². The maximum absolute atomic E-state index is 13.5. The quantitative estimate of drug-likeness (QED) is 0.863. The lowest BCUT2D eigenvalue weighted by Crippen LogP contribution is -2.13. The van der Waals surface area contributed by atoms with Crippen molar-refractivity contribution in [1.29, 1.82) is 0 Å². The second kappa shape index (κ2) is 7.27.